The molecule has 4 aromatic carbocycles. The third kappa shape index (κ3) is 5.32. The SMILES string of the molecule is Cc1ccc(S(=O)(=O)OCC(Cc2c[nH]c3c(OCc4ccccc4)cccc23)N2C(=O)c3ccccc3C2=O)cc1. The van der Waals surface area contributed by atoms with Gasteiger partial charge in [-0.15, -0.1) is 0 Å². The Balaban J connectivity index is 1.30. The molecule has 1 N–H and O–H groups in total. The smallest absolute Gasteiger partial charge is 0.297 e. The lowest BCUT2D eigenvalue weighted by Crippen LogP contribution is -2.44. The van der Waals surface area contributed by atoms with Gasteiger partial charge in [0, 0.05) is 11.6 Å². The first kappa shape index (κ1) is 27.4. The third-order valence-electron chi connectivity index (χ3n) is 7.37. The molecule has 2 heterocycles. The van der Waals surface area contributed by atoms with Crippen molar-refractivity contribution < 1.29 is 26.9 Å². The second-order valence-electron chi connectivity index (χ2n) is 10.2. The van der Waals surface area contributed by atoms with E-state index in [1.807, 2.05) is 55.5 Å². The van der Waals surface area contributed by atoms with E-state index < -0.39 is 34.6 Å². The van der Waals surface area contributed by atoms with Crippen molar-refractivity contribution in [1.82, 2.24) is 9.88 Å². The number of ether oxygens (including phenoxy) is 1. The number of benzene rings is 4. The number of rotatable bonds is 10. The number of amides is 2. The normalized spacial score (nSPS) is 13.9. The molecule has 0 spiro atoms. The summed E-state index contributed by atoms with van der Waals surface area (Å²) in [5, 5.41) is 0.837. The summed E-state index contributed by atoms with van der Waals surface area (Å²) in [6.07, 6.45) is 1.96. The predicted octanol–water partition coefficient (Wildman–Crippen LogP) is 5.67. The third-order valence-corrected chi connectivity index (χ3v) is 8.67. The molecule has 0 aliphatic carbocycles. The van der Waals surface area contributed by atoms with Gasteiger partial charge in [0.2, 0.25) is 0 Å². The fraction of sp³-hybridized carbons (Fsp3) is 0.152. The molecule has 9 heteroatoms. The predicted molar refractivity (Wildman–Crippen MR) is 158 cm³/mol. The molecule has 8 nitrogen and oxygen atoms in total. The standard InChI is InChI=1S/C33H28N2O6S/c1-22-14-16-26(17-15-22)42(38,39)41-21-25(35-32(36)28-10-5-6-11-29(28)33(35)37)18-24-19-34-31-27(24)12-7-13-30(31)40-20-23-8-3-2-4-9-23/h2-17,19,25,34H,18,20-21H2,1H3. The average molecular weight is 581 g/mol. The highest BCUT2D eigenvalue weighted by atomic mass is 32.2. The van der Waals surface area contributed by atoms with Crippen LogP contribution in [0, 0.1) is 6.92 Å². The Morgan fingerprint density at radius 3 is 2.17 bits per heavy atom. The van der Waals surface area contributed by atoms with Gasteiger partial charge < -0.3 is 9.72 Å². The minimum Gasteiger partial charge on any atom is -0.487 e. The molecule has 1 unspecified atom stereocenters. The van der Waals surface area contributed by atoms with Crippen LogP contribution >= 0.6 is 0 Å². The first-order valence-corrected chi connectivity index (χ1v) is 14.9. The van der Waals surface area contributed by atoms with Crippen LogP contribution in [0.25, 0.3) is 10.9 Å². The number of carbonyl (C=O) groups excluding carboxylic acids is 2. The maximum absolute atomic E-state index is 13.4. The van der Waals surface area contributed by atoms with E-state index in [1.165, 1.54) is 12.1 Å². The van der Waals surface area contributed by atoms with Crippen molar-refractivity contribution in [2.24, 2.45) is 0 Å². The Morgan fingerprint density at radius 2 is 1.48 bits per heavy atom. The van der Waals surface area contributed by atoms with Crippen molar-refractivity contribution in [3.63, 3.8) is 0 Å². The highest BCUT2D eigenvalue weighted by Crippen LogP contribution is 2.32. The summed E-state index contributed by atoms with van der Waals surface area (Å²) < 4.78 is 37.7. The quantitative estimate of drug-likeness (QED) is 0.169. The lowest BCUT2D eigenvalue weighted by molar-refractivity contribution is 0.0534. The topological polar surface area (TPSA) is 106 Å². The fourth-order valence-corrected chi connectivity index (χ4v) is 6.11. The zero-order chi connectivity index (χ0) is 29.3. The monoisotopic (exact) mass is 580 g/mol. The maximum Gasteiger partial charge on any atom is 0.297 e. The van der Waals surface area contributed by atoms with Crippen molar-refractivity contribution in [2.45, 2.75) is 30.9 Å². The number of fused-ring (bicyclic) bond motifs is 2. The average Bonchev–Trinajstić information content (AvgIpc) is 3.53. The van der Waals surface area contributed by atoms with Gasteiger partial charge in [-0.2, -0.15) is 8.42 Å². The van der Waals surface area contributed by atoms with Crippen LogP contribution in [-0.4, -0.2) is 42.8 Å². The lowest BCUT2D eigenvalue weighted by atomic mass is 10.0. The molecule has 1 aliphatic rings. The summed E-state index contributed by atoms with van der Waals surface area (Å²) in [5.41, 5.74) is 4.04. The summed E-state index contributed by atoms with van der Waals surface area (Å²) in [7, 11) is -4.14. The summed E-state index contributed by atoms with van der Waals surface area (Å²) in [6.45, 7) is 1.84. The van der Waals surface area contributed by atoms with Crippen LogP contribution in [0.1, 0.15) is 37.4 Å². The summed E-state index contributed by atoms with van der Waals surface area (Å²) in [6, 6.07) is 27.5. The van der Waals surface area contributed by atoms with E-state index in [0.717, 1.165) is 32.5 Å². The van der Waals surface area contributed by atoms with Crippen LogP contribution in [0.5, 0.6) is 5.75 Å². The molecule has 2 amide bonds. The zero-order valence-corrected chi connectivity index (χ0v) is 23.6. The molecule has 0 radical (unpaired) electrons. The van der Waals surface area contributed by atoms with Gasteiger partial charge in [0.15, 0.2) is 0 Å². The van der Waals surface area contributed by atoms with Crippen LogP contribution in [0.4, 0.5) is 0 Å². The van der Waals surface area contributed by atoms with E-state index in [9.17, 15) is 18.0 Å². The largest absolute Gasteiger partial charge is 0.487 e. The molecule has 1 atom stereocenters. The van der Waals surface area contributed by atoms with E-state index in [0.29, 0.717) is 12.4 Å². The number of hydrogen-bond donors (Lipinski definition) is 1. The van der Waals surface area contributed by atoms with Crippen molar-refractivity contribution in [1.29, 1.82) is 0 Å². The Hall–Kier alpha value is -4.73. The molecular weight excluding hydrogens is 552 g/mol. The Kier molecular flexibility index (Phi) is 7.36. The molecule has 1 aliphatic heterocycles. The summed E-state index contributed by atoms with van der Waals surface area (Å²) >= 11 is 0. The van der Waals surface area contributed by atoms with Crippen molar-refractivity contribution in [3.05, 3.63) is 131 Å². The summed E-state index contributed by atoms with van der Waals surface area (Å²) in [5.74, 6) is -0.314. The number of aromatic nitrogens is 1. The molecule has 1 aromatic heterocycles. The molecule has 0 saturated heterocycles. The molecule has 0 fully saturated rings. The Bertz CT molecular complexity index is 1850. The number of carbonyl (C=O) groups is 2. The minimum absolute atomic E-state index is 0.00140. The minimum atomic E-state index is -4.14. The molecule has 0 bridgehead atoms. The highest BCUT2D eigenvalue weighted by Gasteiger charge is 2.40. The second-order valence-corrected chi connectivity index (χ2v) is 11.8. The van der Waals surface area contributed by atoms with Gasteiger partial charge in [-0.05, 0) is 54.8 Å². The maximum atomic E-state index is 13.4. The first-order valence-electron chi connectivity index (χ1n) is 13.5. The number of nitrogens with zero attached hydrogens (tertiary/aromatic N) is 1. The van der Waals surface area contributed by atoms with Gasteiger partial charge in [-0.3, -0.25) is 18.7 Å². The molecule has 6 rings (SSSR count). The van der Waals surface area contributed by atoms with E-state index in [-0.39, 0.29) is 22.4 Å². The van der Waals surface area contributed by atoms with Crippen molar-refractivity contribution >= 4 is 32.8 Å². The lowest BCUT2D eigenvalue weighted by Gasteiger charge is -2.26. The second kappa shape index (κ2) is 11.3. The van der Waals surface area contributed by atoms with Crippen LogP contribution in [0.15, 0.2) is 108 Å². The molecule has 42 heavy (non-hydrogen) atoms. The van der Waals surface area contributed by atoms with Gasteiger partial charge in [-0.25, -0.2) is 0 Å². The number of aryl methyl sites for hydroxylation is 1. The van der Waals surface area contributed by atoms with Gasteiger partial charge >= 0.3 is 0 Å². The molecule has 0 saturated carbocycles. The van der Waals surface area contributed by atoms with Crippen LogP contribution in [0.3, 0.4) is 0 Å². The van der Waals surface area contributed by atoms with Gasteiger partial charge in [0.25, 0.3) is 21.9 Å². The summed E-state index contributed by atoms with van der Waals surface area (Å²) in [4.78, 5) is 31.2. The first-order chi connectivity index (χ1) is 20.3. The number of hydrogen-bond acceptors (Lipinski definition) is 6. The van der Waals surface area contributed by atoms with Crippen LogP contribution in [-0.2, 0) is 27.3 Å². The molecule has 212 valence electrons. The van der Waals surface area contributed by atoms with Gasteiger partial charge in [0.05, 0.1) is 34.2 Å². The van der Waals surface area contributed by atoms with Crippen molar-refractivity contribution in [2.75, 3.05) is 6.61 Å². The van der Waals surface area contributed by atoms with Crippen LogP contribution < -0.4 is 4.74 Å². The van der Waals surface area contributed by atoms with Gasteiger partial charge in [-0.1, -0.05) is 72.3 Å². The van der Waals surface area contributed by atoms with Crippen molar-refractivity contribution in [3.8, 4) is 5.75 Å². The van der Waals surface area contributed by atoms with E-state index in [2.05, 4.69) is 4.98 Å². The number of nitrogens with one attached hydrogen (secondary N) is 1. The zero-order valence-electron chi connectivity index (χ0n) is 22.8. The number of H-pyrrole nitrogens is 1. The number of imide groups is 1. The number of aromatic amines is 1. The van der Waals surface area contributed by atoms with Gasteiger partial charge in [0.1, 0.15) is 12.4 Å². The molecule has 5 aromatic rings. The highest BCUT2D eigenvalue weighted by molar-refractivity contribution is 7.86. The van der Waals surface area contributed by atoms with E-state index >= 15 is 0 Å². The fourth-order valence-electron chi connectivity index (χ4n) is 5.17. The number of para-hydroxylation sites is 1. The Morgan fingerprint density at radius 1 is 0.810 bits per heavy atom. The van der Waals surface area contributed by atoms with E-state index in [1.54, 1.807) is 42.6 Å². The Labute approximate surface area is 243 Å². The van der Waals surface area contributed by atoms with E-state index in [4.69, 9.17) is 8.92 Å². The molecular formula is C33H28N2O6S. The van der Waals surface area contributed by atoms with Crippen LogP contribution in [0.2, 0.25) is 0 Å².